The Balaban J connectivity index is 1.97. The monoisotopic (exact) mass is 280 g/mol. The van der Waals surface area contributed by atoms with Gasteiger partial charge in [0, 0.05) is 16.6 Å². The first kappa shape index (κ1) is 14.1. The fraction of sp³-hybridized carbons (Fsp3) is 0.357. The molecule has 0 saturated heterocycles. The molecule has 0 fully saturated rings. The van der Waals surface area contributed by atoms with Crippen molar-refractivity contribution in [3.8, 4) is 11.5 Å². The highest BCUT2D eigenvalue weighted by Gasteiger charge is 2.08. The van der Waals surface area contributed by atoms with E-state index in [1.807, 2.05) is 0 Å². The van der Waals surface area contributed by atoms with Crippen LogP contribution in [0.2, 0.25) is 0 Å². The normalized spacial score (nSPS) is 12.6. The number of hydrogen-bond acceptors (Lipinski definition) is 4. The van der Waals surface area contributed by atoms with Crippen LogP contribution in [-0.4, -0.2) is 16.8 Å². The third kappa shape index (κ3) is 4.08. The maximum Gasteiger partial charge on any atom is 0.226 e. The van der Waals surface area contributed by atoms with Crippen molar-refractivity contribution in [1.29, 1.82) is 0 Å². The summed E-state index contributed by atoms with van der Waals surface area (Å²) in [5.74, 6) is 1.06. The average molecular weight is 280 g/mol. The summed E-state index contributed by atoms with van der Waals surface area (Å²) in [6.45, 7) is 2.85. The summed E-state index contributed by atoms with van der Waals surface area (Å²) in [6, 6.07) is 6.12. The van der Waals surface area contributed by atoms with E-state index in [2.05, 4.69) is 11.9 Å². The summed E-state index contributed by atoms with van der Waals surface area (Å²) in [4.78, 5) is 4.40. The fourth-order valence-corrected chi connectivity index (χ4v) is 2.53. The van der Waals surface area contributed by atoms with Crippen LogP contribution in [0.4, 0.5) is 4.39 Å². The highest BCUT2D eigenvalue weighted by Crippen LogP contribution is 2.23. The van der Waals surface area contributed by atoms with Crippen LogP contribution in [0.3, 0.4) is 0 Å². The van der Waals surface area contributed by atoms with Crippen molar-refractivity contribution in [3.05, 3.63) is 42.0 Å². The number of thioether (sulfide) groups is 1. The first-order chi connectivity index (χ1) is 9.19. The van der Waals surface area contributed by atoms with E-state index in [1.165, 1.54) is 12.1 Å². The standard InChI is InChI=1S/C14H17FN2OS/c1-10(6-7-16)19-9-13-8-18-14(17-13)11-2-4-12(15)5-3-11/h2-5,8,10H,6-7,9,16H2,1H3. The molecule has 1 heterocycles. The van der Waals surface area contributed by atoms with E-state index in [0.717, 1.165) is 23.4 Å². The predicted molar refractivity (Wildman–Crippen MR) is 76.3 cm³/mol. The number of halogens is 1. The van der Waals surface area contributed by atoms with Gasteiger partial charge in [-0.1, -0.05) is 6.92 Å². The van der Waals surface area contributed by atoms with Crippen molar-refractivity contribution in [3.63, 3.8) is 0 Å². The van der Waals surface area contributed by atoms with E-state index >= 15 is 0 Å². The van der Waals surface area contributed by atoms with Gasteiger partial charge in [0.05, 0.1) is 5.69 Å². The lowest BCUT2D eigenvalue weighted by molar-refractivity contribution is 0.573. The Kier molecular flexibility index (Phi) is 4.99. The van der Waals surface area contributed by atoms with Gasteiger partial charge in [-0.15, -0.1) is 0 Å². The lowest BCUT2D eigenvalue weighted by atomic mass is 10.2. The molecule has 102 valence electrons. The molecule has 0 bridgehead atoms. The van der Waals surface area contributed by atoms with Gasteiger partial charge < -0.3 is 10.2 Å². The van der Waals surface area contributed by atoms with E-state index in [0.29, 0.717) is 17.7 Å². The van der Waals surface area contributed by atoms with Gasteiger partial charge in [0.2, 0.25) is 5.89 Å². The molecule has 5 heteroatoms. The summed E-state index contributed by atoms with van der Waals surface area (Å²) < 4.78 is 18.2. The highest BCUT2D eigenvalue weighted by atomic mass is 32.2. The molecule has 19 heavy (non-hydrogen) atoms. The summed E-state index contributed by atoms with van der Waals surface area (Å²) in [6.07, 6.45) is 2.65. The molecule has 2 N–H and O–H groups in total. The maximum absolute atomic E-state index is 12.8. The Bertz CT molecular complexity index is 512. The molecule has 0 amide bonds. The van der Waals surface area contributed by atoms with Crippen LogP contribution < -0.4 is 5.73 Å². The minimum Gasteiger partial charge on any atom is -0.444 e. The number of benzene rings is 1. The Morgan fingerprint density at radius 2 is 2.11 bits per heavy atom. The Labute approximate surface area is 116 Å². The predicted octanol–water partition coefficient (Wildman–Crippen LogP) is 3.45. The zero-order valence-electron chi connectivity index (χ0n) is 10.8. The van der Waals surface area contributed by atoms with Crippen molar-refractivity contribution in [2.45, 2.75) is 24.3 Å². The van der Waals surface area contributed by atoms with Crippen molar-refractivity contribution in [2.75, 3.05) is 6.54 Å². The molecule has 3 nitrogen and oxygen atoms in total. The van der Waals surface area contributed by atoms with E-state index in [-0.39, 0.29) is 5.82 Å². The molecule has 2 rings (SSSR count). The zero-order chi connectivity index (χ0) is 13.7. The van der Waals surface area contributed by atoms with Crippen molar-refractivity contribution < 1.29 is 8.81 Å². The smallest absolute Gasteiger partial charge is 0.226 e. The first-order valence-corrected chi connectivity index (χ1v) is 7.26. The maximum atomic E-state index is 12.8. The van der Waals surface area contributed by atoms with E-state index in [9.17, 15) is 4.39 Å². The number of aromatic nitrogens is 1. The van der Waals surface area contributed by atoms with Crippen LogP contribution in [0, 0.1) is 5.82 Å². The topological polar surface area (TPSA) is 52.0 Å². The lowest BCUT2D eigenvalue weighted by Gasteiger charge is -2.07. The largest absolute Gasteiger partial charge is 0.444 e. The van der Waals surface area contributed by atoms with Crippen LogP contribution in [0.5, 0.6) is 0 Å². The third-order valence-electron chi connectivity index (χ3n) is 2.73. The molecule has 0 aliphatic heterocycles. The minimum atomic E-state index is -0.262. The summed E-state index contributed by atoms with van der Waals surface area (Å²) in [5, 5.41) is 0.510. The van der Waals surface area contributed by atoms with E-state index in [4.69, 9.17) is 10.2 Å². The molecule has 0 radical (unpaired) electrons. The molecular formula is C14H17FN2OS. The summed E-state index contributed by atoms with van der Waals surface area (Å²) in [5.41, 5.74) is 7.19. The minimum absolute atomic E-state index is 0.262. The molecule has 0 aliphatic rings. The van der Waals surface area contributed by atoms with Crippen molar-refractivity contribution in [2.24, 2.45) is 5.73 Å². The van der Waals surface area contributed by atoms with Crippen LogP contribution in [-0.2, 0) is 5.75 Å². The van der Waals surface area contributed by atoms with Crippen molar-refractivity contribution in [1.82, 2.24) is 4.98 Å². The molecular weight excluding hydrogens is 263 g/mol. The third-order valence-corrected chi connectivity index (χ3v) is 4.00. The Morgan fingerprint density at radius 1 is 1.37 bits per heavy atom. The molecule has 0 spiro atoms. The van der Waals surface area contributed by atoms with E-state index < -0.39 is 0 Å². The Hall–Kier alpha value is -1.33. The number of nitrogens with two attached hydrogens (primary N) is 1. The molecule has 0 aliphatic carbocycles. The van der Waals surface area contributed by atoms with Crippen LogP contribution in [0.15, 0.2) is 34.9 Å². The van der Waals surface area contributed by atoms with Gasteiger partial charge in [-0.25, -0.2) is 9.37 Å². The van der Waals surface area contributed by atoms with Crippen LogP contribution >= 0.6 is 11.8 Å². The van der Waals surface area contributed by atoms with Gasteiger partial charge in [-0.2, -0.15) is 11.8 Å². The second-order valence-corrected chi connectivity index (χ2v) is 5.78. The van der Waals surface area contributed by atoms with Crippen LogP contribution in [0.1, 0.15) is 19.0 Å². The van der Waals surface area contributed by atoms with Gasteiger partial charge in [-0.3, -0.25) is 0 Å². The first-order valence-electron chi connectivity index (χ1n) is 6.21. The van der Waals surface area contributed by atoms with E-state index in [1.54, 1.807) is 30.2 Å². The van der Waals surface area contributed by atoms with Crippen LogP contribution in [0.25, 0.3) is 11.5 Å². The molecule has 1 atom stereocenters. The average Bonchev–Trinajstić information content (AvgIpc) is 2.86. The second kappa shape index (κ2) is 6.73. The fourth-order valence-electron chi connectivity index (χ4n) is 1.64. The lowest BCUT2D eigenvalue weighted by Crippen LogP contribution is -2.07. The van der Waals surface area contributed by atoms with Gasteiger partial charge in [0.15, 0.2) is 0 Å². The number of hydrogen-bond donors (Lipinski definition) is 1. The SMILES string of the molecule is CC(CCN)SCc1coc(-c2ccc(F)cc2)n1. The van der Waals surface area contributed by atoms with Gasteiger partial charge >= 0.3 is 0 Å². The van der Waals surface area contributed by atoms with Gasteiger partial charge in [0.1, 0.15) is 12.1 Å². The zero-order valence-corrected chi connectivity index (χ0v) is 11.6. The summed E-state index contributed by atoms with van der Waals surface area (Å²) in [7, 11) is 0. The number of nitrogens with zero attached hydrogens (tertiary/aromatic N) is 1. The van der Waals surface area contributed by atoms with Gasteiger partial charge in [0.25, 0.3) is 0 Å². The molecule has 1 aromatic heterocycles. The highest BCUT2D eigenvalue weighted by molar-refractivity contribution is 7.99. The Morgan fingerprint density at radius 3 is 2.79 bits per heavy atom. The molecule has 2 aromatic rings. The van der Waals surface area contributed by atoms with Gasteiger partial charge in [-0.05, 0) is 37.2 Å². The second-order valence-electron chi connectivity index (χ2n) is 4.35. The summed E-state index contributed by atoms with van der Waals surface area (Å²) >= 11 is 1.80. The number of oxazole rings is 1. The molecule has 1 aromatic carbocycles. The molecule has 0 saturated carbocycles. The molecule has 1 unspecified atom stereocenters. The van der Waals surface area contributed by atoms with Crippen molar-refractivity contribution >= 4 is 11.8 Å². The quantitative estimate of drug-likeness (QED) is 0.880. The number of rotatable bonds is 6.